The number of carbonyl (C=O) groups excluding carboxylic acids is 1. The van der Waals surface area contributed by atoms with Gasteiger partial charge in [0.15, 0.2) is 5.82 Å². The SMILES string of the molecule is CC(C)(C)OC(=O)NCCc1nnnn1CC(=O)O. The van der Waals surface area contributed by atoms with E-state index < -0.39 is 17.7 Å². The molecule has 0 fully saturated rings. The van der Waals surface area contributed by atoms with Gasteiger partial charge in [-0.05, 0) is 31.2 Å². The zero-order chi connectivity index (χ0) is 14.5. The summed E-state index contributed by atoms with van der Waals surface area (Å²) in [5.41, 5.74) is -0.561. The minimum atomic E-state index is -1.03. The van der Waals surface area contributed by atoms with Crippen molar-refractivity contribution in [1.82, 2.24) is 25.5 Å². The predicted molar refractivity (Wildman–Crippen MR) is 63.4 cm³/mol. The number of carboxylic acid groups (broad SMARTS) is 1. The Balaban J connectivity index is 2.39. The van der Waals surface area contributed by atoms with Crippen LogP contribution in [0.1, 0.15) is 26.6 Å². The Morgan fingerprint density at radius 1 is 1.42 bits per heavy atom. The zero-order valence-electron chi connectivity index (χ0n) is 11.1. The Hall–Kier alpha value is -2.19. The van der Waals surface area contributed by atoms with Crippen LogP contribution in [0, 0.1) is 0 Å². The number of nitrogens with one attached hydrogen (secondary N) is 1. The molecule has 1 aromatic heterocycles. The molecule has 19 heavy (non-hydrogen) atoms. The van der Waals surface area contributed by atoms with E-state index in [9.17, 15) is 9.59 Å². The highest BCUT2D eigenvalue weighted by atomic mass is 16.6. The quantitative estimate of drug-likeness (QED) is 0.762. The molecule has 0 aliphatic rings. The molecule has 1 amide bonds. The largest absolute Gasteiger partial charge is 0.480 e. The molecule has 1 aromatic rings. The Kier molecular flexibility index (Phi) is 4.79. The van der Waals surface area contributed by atoms with Crippen LogP contribution in [0.15, 0.2) is 0 Å². The summed E-state index contributed by atoms with van der Waals surface area (Å²) in [4.78, 5) is 21.9. The molecular formula is C10H17N5O4. The van der Waals surface area contributed by atoms with Gasteiger partial charge in [-0.3, -0.25) is 4.79 Å². The third-order valence-corrected chi connectivity index (χ3v) is 1.91. The summed E-state index contributed by atoms with van der Waals surface area (Å²) in [6.45, 7) is 5.24. The van der Waals surface area contributed by atoms with Crippen molar-refractivity contribution in [2.75, 3.05) is 6.54 Å². The number of hydrogen-bond acceptors (Lipinski definition) is 6. The summed E-state index contributed by atoms with van der Waals surface area (Å²) >= 11 is 0. The van der Waals surface area contributed by atoms with E-state index in [1.54, 1.807) is 20.8 Å². The number of aromatic nitrogens is 4. The minimum absolute atomic E-state index is 0.259. The van der Waals surface area contributed by atoms with Crippen molar-refractivity contribution in [3.63, 3.8) is 0 Å². The average molecular weight is 271 g/mol. The van der Waals surface area contributed by atoms with Gasteiger partial charge in [0.2, 0.25) is 0 Å². The molecular weight excluding hydrogens is 254 g/mol. The Bertz CT molecular complexity index is 451. The summed E-state index contributed by atoms with van der Waals surface area (Å²) in [6.07, 6.45) is -0.218. The van der Waals surface area contributed by atoms with Crippen LogP contribution in [-0.4, -0.2) is 49.5 Å². The lowest BCUT2D eigenvalue weighted by Gasteiger charge is -2.19. The number of hydrogen-bond donors (Lipinski definition) is 2. The first-order valence-electron chi connectivity index (χ1n) is 5.71. The summed E-state index contributed by atoms with van der Waals surface area (Å²) in [5.74, 6) is -0.646. The second kappa shape index (κ2) is 6.12. The third-order valence-electron chi connectivity index (χ3n) is 1.91. The fraction of sp³-hybridized carbons (Fsp3) is 0.700. The van der Waals surface area contributed by atoms with Gasteiger partial charge in [0.05, 0.1) is 0 Å². The number of nitrogens with zero attached hydrogens (tertiary/aromatic N) is 4. The molecule has 1 heterocycles. The molecule has 0 spiro atoms. The maximum Gasteiger partial charge on any atom is 0.407 e. The highest BCUT2D eigenvalue weighted by Gasteiger charge is 2.16. The summed E-state index contributed by atoms with van der Waals surface area (Å²) in [7, 11) is 0. The van der Waals surface area contributed by atoms with Crippen molar-refractivity contribution in [2.24, 2.45) is 0 Å². The molecule has 0 aromatic carbocycles. The van der Waals surface area contributed by atoms with Crippen LogP contribution >= 0.6 is 0 Å². The van der Waals surface area contributed by atoms with Crippen molar-refractivity contribution in [2.45, 2.75) is 39.3 Å². The maximum atomic E-state index is 11.4. The minimum Gasteiger partial charge on any atom is -0.480 e. The number of carboxylic acids is 1. The van der Waals surface area contributed by atoms with Crippen LogP contribution in [0.4, 0.5) is 4.79 Å². The second-order valence-corrected chi connectivity index (χ2v) is 4.83. The van der Waals surface area contributed by atoms with Gasteiger partial charge in [-0.15, -0.1) is 5.10 Å². The molecule has 0 bridgehead atoms. The van der Waals surface area contributed by atoms with Crippen LogP contribution in [0.25, 0.3) is 0 Å². The summed E-state index contributed by atoms with van der Waals surface area (Å²) in [6, 6.07) is 0. The lowest BCUT2D eigenvalue weighted by atomic mass is 10.2. The van der Waals surface area contributed by atoms with Crippen molar-refractivity contribution < 1.29 is 19.4 Å². The smallest absolute Gasteiger partial charge is 0.407 e. The number of rotatable bonds is 5. The van der Waals surface area contributed by atoms with Gasteiger partial charge in [0, 0.05) is 13.0 Å². The van der Waals surface area contributed by atoms with Gasteiger partial charge in [0.1, 0.15) is 12.1 Å². The fourth-order valence-electron chi connectivity index (χ4n) is 1.24. The number of amides is 1. The van der Waals surface area contributed by atoms with E-state index >= 15 is 0 Å². The van der Waals surface area contributed by atoms with Crippen molar-refractivity contribution in [3.8, 4) is 0 Å². The van der Waals surface area contributed by atoms with E-state index in [1.807, 2.05) is 0 Å². The van der Waals surface area contributed by atoms with E-state index in [-0.39, 0.29) is 13.1 Å². The first-order valence-corrected chi connectivity index (χ1v) is 5.71. The highest BCUT2D eigenvalue weighted by Crippen LogP contribution is 2.06. The molecule has 1 rings (SSSR count). The Morgan fingerprint density at radius 3 is 2.68 bits per heavy atom. The fourth-order valence-corrected chi connectivity index (χ4v) is 1.24. The van der Waals surface area contributed by atoms with Crippen LogP contribution in [0.2, 0.25) is 0 Å². The van der Waals surface area contributed by atoms with E-state index in [0.29, 0.717) is 12.2 Å². The van der Waals surface area contributed by atoms with Crippen molar-refractivity contribution in [3.05, 3.63) is 5.82 Å². The van der Waals surface area contributed by atoms with E-state index in [0.717, 1.165) is 0 Å². The van der Waals surface area contributed by atoms with E-state index in [4.69, 9.17) is 9.84 Å². The first-order chi connectivity index (χ1) is 8.78. The van der Waals surface area contributed by atoms with Crippen LogP contribution in [0.5, 0.6) is 0 Å². The number of aliphatic carboxylic acids is 1. The zero-order valence-corrected chi connectivity index (χ0v) is 11.1. The van der Waals surface area contributed by atoms with Gasteiger partial charge in [0.25, 0.3) is 0 Å². The normalized spacial score (nSPS) is 11.1. The molecule has 0 radical (unpaired) electrons. The Labute approximate surface area is 109 Å². The molecule has 9 heteroatoms. The molecule has 9 nitrogen and oxygen atoms in total. The van der Waals surface area contributed by atoms with Crippen LogP contribution < -0.4 is 5.32 Å². The maximum absolute atomic E-state index is 11.4. The standard InChI is InChI=1S/C10H17N5O4/c1-10(2,3)19-9(18)11-5-4-7-12-13-14-15(7)6-8(16)17/h4-6H2,1-3H3,(H,11,18)(H,16,17). The number of alkyl carbamates (subject to hydrolysis) is 1. The number of carbonyl (C=O) groups is 2. The predicted octanol–water partition coefficient (Wildman–Crippen LogP) is -0.175. The molecule has 0 aliphatic heterocycles. The van der Waals surface area contributed by atoms with E-state index in [1.165, 1.54) is 4.68 Å². The molecule has 0 atom stereocenters. The lowest BCUT2D eigenvalue weighted by Crippen LogP contribution is -2.34. The topological polar surface area (TPSA) is 119 Å². The van der Waals surface area contributed by atoms with E-state index in [2.05, 4.69) is 20.8 Å². The van der Waals surface area contributed by atoms with Crippen molar-refractivity contribution in [1.29, 1.82) is 0 Å². The Morgan fingerprint density at radius 2 is 2.11 bits per heavy atom. The van der Waals surface area contributed by atoms with Crippen molar-refractivity contribution >= 4 is 12.1 Å². The van der Waals surface area contributed by atoms with Gasteiger partial charge in [-0.1, -0.05) is 0 Å². The van der Waals surface area contributed by atoms with Gasteiger partial charge >= 0.3 is 12.1 Å². The third kappa shape index (κ3) is 5.80. The number of ether oxygens (including phenoxy) is 1. The molecule has 0 unspecified atom stereocenters. The monoisotopic (exact) mass is 271 g/mol. The first kappa shape index (κ1) is 14.9. The van der Waals surface area contributed by atoms with Crippen LogP contribution in [0.3, 0.4) is 0 Å². The molecule has 0 saturated carbocycles. The molecule has 0 saturated heterocycles. The summed E-state index contributed by atoms with van der Waals surface area (Å²) in [5, 5.41) is 21.8. The van der Waals surface area contributed by atoms with Gasteiger partial charge in [-0.2, -0.15) is 0 Å². The molecule has 2 N–H and O–H groups in total. The van der Waals surface area contributed by atoms with Crippen LogP contribution in [-0.2, 0) is 22.5 Å². The average Bonchev–Trinajstić information content (AvgIpc) is 2.62. The lowest BCUT2D eigenvalue weighted by molar-refractivity contribution is -0.138. The summed E-state index contributed by atoms with van der Waals surface area (Å²) < 4.78 is 6.22. The highest BCUT2D eigenvalue weighted by molar-refractivity contribution is 5.67. The molecule has 106 valence electrons. The molecule has 0 aliphatic carbocycles. The number of tetrazole rings is 1. The van der Waals surface area contributed by atoms with Gasteiger partial charge < -0.3 is 15.2 Å². The second-order valence-electron chi connectivity index (χ2n) is 4.83. The van der Waals surface area contributed by atoms with Gasteiger partial charge in [-0.25, -0.2) is 9.48 Å².